The summed E-state index contributed by atoms with van der Waals surface area (Å²) in [6, 6.07) is 0. The molecular formula is C7H10ClN3OS. The minimum atomic E-state index is 0.277. The number of hydrogen-bond acceptors (Lipinski definition) is 5. The van der Waals surface area contributed by atoms with Gasteiger partial charge in [-0.05, 0) is 0 Å². The zero-order valence-corrected chi connectivity index (χ0v) is 8.55. The van der Waals surface area contributed by atoms with Crippen LogP contribution in [0.1, 0.15) is 5.69 Å². The summed E-state index contributed by atoms with van der Waals surface area (Å²) >= 11 is 7.07. The Bertz CT molecular complexity index is 287. The van der Waals surface area contributed by atoms with Crippen LogP contribution >= 0.6 is 23.1 Å². The smallest absolute Gasteiger partial charge is 0.138 e. The predicted molar refractivity (Wildman–Crippen MR) is 50.8 cm³/mol. The van der Waals surface area contributed by atoms with E-state index < -0.39 is 0 Å². The molecule has 0 spiro atoms. The van der Waals surface area contributed by atoms with Crippen LogP contribution in [0.2, 0.25) is 4.34 Å². The van der Waals surface area contributed by atoms with Crippen molar-refractivity contribution in [1.82, 2.24) is 14.5 Å². The van der Waals surface area contributed by atoms with E-state index in [1.165, 1.54) is 11.5 Å². The van der Waals surface area contributed by atoms with Crippen molar-refractivity contribution in [3.63, 3.8) is 0 Å². The molecule has 0 radical (unpaired) electrons. The normalized spacial score (nSPS) is 18.9. The summed E-state index contributed by atoms with van der Waals surface area (Å²) in [5.74, 6) is 0.436. The Morgan fingerprint density at radius 3 is 2.92 bits per heavy atom. The molecule has 1 aromatic rings. The Kier molecular flexibility index (Phi) is 2.78. The molecule has 0 bridgehead atoms. The van der Waals surface area contributed by atoms with Crippen molar-refractivity contribution in [1.29, 1.82) is 0 Å². The number of halogens is 1. The lowest BCUT2D eigenvalue weighted by molar-refractivity contribution is 0.0470. The second-order valence-electron chi connectivity index (χ2n) is 3.24. The number of nitrogens with zero attached hydrogens (tertiary/aromatic N) is 3. The predicted octanol–water partition coefficient (Wildman–Crippen LogP) is 0.616. The fourth-order valence-electron chi connectivity index (χ4n) is 1.42. The topological polar surface area (TPSA) is 49.2 Å². The highest BCUT2D eigenvalue weighted by Gasteiger charge is 2.26. The number of hydrogen-bond donors (Lipinski definition) is 1. The number of aliphatic hydroxyl groups excluding tert-OH is 1. The van der Waals surface area contributed by atoms with Crippen molar-refractivity contribution in [3.05, 3.63) is 10.0 Å². The molecule has 0 amide bonds. The fourth-order valence-corrected chi connectivity index (χ4v) is 2.04. The van der Waals surface area contributed by atoms with Gasteiger partial charge in [-0.25, -0.2) is 0 Å². The van der Waals surface area contributed by atoms with Gasteiger partial charge in [-0.1, -0.05) is 16.1 Å². The summed E-state index contributed by atoms with van der Waals surface area (Å²) in [5.41, 5.74) is 0.850. The van der Waals surface area contributed by atoms with Gasteiger partial charge in [0.25, 0.3) is 0 Å². The van der Waals surface area contributed by atoms with Crippen LogP contribution < -0.4 is 0 Å². The van der Waals surface area contributed by atoms with Crippen LogP contribution in [0, 0.1) is 5.92 Å². The van der Waals surface area contributed by atoms with Crippen molar-refractivity contribution < 1.29 is 5.11 Å². The number of aliphatic hydroxyl groups is 1. The molecule has 2 rings (SSSR count). The monoisotopic (exact) mass is 219 g/mol. The average Bonchev–Trinajstić information content (AvgIpc) is 2.43. The van der Waals surface area contributed by atoms with E-state index in [0.29, 0.717) is 10.3 Å². The maximum absolute atomic E-state index is 8.81. The largest absolute Gasteiger partial charge is 0.396 e. The van der Waals surface area contributed by atoms with Gasteiger partial charge >= 0.3 is 0 Å². The fraction of sp³-hybridized carbons (Fsp3) is 0.714. The third-order valence-electron chi connectivity index (χ3n) is 2.17. The van der Waals surface area contributed by atoms with E-state index in [1.54, 1.807) is 0 Å². The molecular weight excluding hydrogens is 210 g/mol. The number of aromatic nitrogens is 2. The van der Waals surface area contributed by atoms with E-state index in [1.807, 2.05) is 0 Å². The summed E-state index contributed by atoms with van der Waals surface area (Å²) in [4.78, 5) is 2.20. The SMILES string of the molecule is OCC1CN(Cc2nnsc2Cl)C1. The van der Waals surface area contributed by atoms with Gasteiger partial charge in [-0.2, -0.15) is 0 Å². The average molecular weight is 220 g/mol. The molecule has 1 aromatic heterocycles. The van der Waals surface area contributed by atoms with Crippen molar-refractivity contribution >= 4 is 23.1 Å². The van der Waals surface area contributed by atoms with Crippen LogP contribution in [0.5, 0.6) is 0 Å². The molecule has 2 heterocycles. The molecule has 0 unspecified atom stereocenters. The van der Waals surface area contributed by atoms with Gasteiger partial charge < -0.3 is 5.11 Å². The summed E-state index contributed by atoms with van der Waals surface area (Å²) in [5, 5.41) is 12.7. The molecule has 0 atom stereocenters. The molecule has 1 saturated heterocycles. The molecule has 1 N–H and O–H groups in total. The molecule has 0 aromatic carbocycles. The summed E-state index contributed by atoms with van der Waals surface area (Å²) in [6.07, 6.45) is 0. The number of rotatable bonds is 3. The van der Waals surface area contributed by atoms with Crippen LogP contribution in [-0.2, 0) is 6.54 Å². The quantitative estimate of drug-likeness (QED) is 0.810. The highest BCUT2D eigenvalue weighted by atomic mass is 35.5. The van der Waals surface area contributed by atoms with Crippen LogP contribution in [0.4, 0.5) is 0 Å². The Morgan fingerprint density at radius 2 is 2.38 bits per heavy atom. The van der Waals surface area contributed by atoms with Gasteiger partial charge in [0, 0.05) is 43.7 Å². The Labute approximate surface area is 85.3 Å². The van der Waals surface area contributed by atoms with Gasteiger partial charge in [-0.15, -0.1) is 5.10 Å². The number of likely N-dealkylation sites (tertiary alicyclic amines) is 1. The van der Waals surface area contributed by atoms with Gasteiger partial charge in [0.15, 0.2) is 0 Å². The van der Waals surface area contributed by atoms with E-state index in [-0.39, 0.29) is 6.61 Å². The molecule has 4 nitrogen and oxygen atoms in total. The van der Waals surface area contributed by atoms with Crippen LogP contribution in [-0.4, -0.2) is 39.3 Å². The lowest BCUT2D eigenvalue weighted by Gasteiger charge is -2.37. The second kappa shape index (κ2) is 3.88. The summed E-state index contributed by atoms with van der Waals surface area (Å²) in [7, 11) is 0. The maximum atomic E-state index is 8.81. The highest BCUT2D eigenvalue weighted by molar-refractivity contribution is 7.10. The van der Waals surface area contributed by atoms with Crippen molar-refractivity contribution in [2.75, 3.05) is 19.7 Å². The van der Waals surface area contributed by atoms with Crippen LogP contribution in [0.25, 0.3) is 0 Å². The Balaban J connectivity index is 1.84. The van der Waals surface area contributed by atoms with E-state index >= 15 is 0 Å². The third-order valence-corrected chi connectivity index (χ3v) is 3.16. The van der Waals surface area contributed by atoms with E-state index in [0.717, 1.165) is 25.3 Å². The Morgan fingerprint density at radius 1 is 1.62 bits per heavy atom. The molecule has 6 heteroatoms. The first kappa shape index (κ1) is 9.33. The molecule has 0 aliphatic carbocycles. The standard InChI is InChI=1S/C7H10ClN3OS/c8-7-6(9-10-13-7)3-11-1-5(2-11)4-12/h5,12H,1-4H2. The van der Waals surface area contributed by atoms with Gasteiger partial charge in [0.1, 0.15) is 10.0 Å². The molecule has 1 aliphatic heterocycles. The lowest BCUT2D eigenvalue weighted by atomic mass is 10.0. The molecule has 72 valence electrons. The first-order chi connectivity index (χ1) is 6.29. The first-order valence-electron chi connectivity index (χ1n) is 4.09. The molecule has 0 saturated carbocycles. The van der Waals surface area contributed by atoms with E-state index in [2.05, 4.69) is 14.5 Å². The van der Waals surface area contributed by atoms with Gasteiger partial charge in [0.05, 0.1) is 0 Å². The van der Waals surface area contributed by atoms with Crippen molar-refractivity contribution in [2.24, 2.45) is 5.92 Å². The van der Waals surface area contributed by atoms with Crippen molar-refractivity contribution in [3.8, 4) is 0 Å². The van der Waals surface area contributed by atoms with Crippen LogP contribution in [0.15, 0.2) is 0 Å². The lowest BCUT2D eigenvalue weighted by Crippen LogP contribution is -2.47. The zero-order chi connectivity index (χ0) is 9.26. The van der Waals surface area contributed by atoms with E-state index in [4.69, 9.17) is 16.7 Å². The molecule has 1 fully saturated rings. The molecule has 1 aliphatic rings. The minimum absolute atomic E-state index is 0.277. The molecule has 13 heavy (non-hydrogen) atoms. The first-order valence-corrected chi connectivity index (χ1v) is 5.24. The van der Waals surface area contributed by atoms with Crippen LogP contribution in [0.3, 0.4) is 0 Å². The second-order valence-corrected chi connectivity index (χ2v) is 4.59. The maximum Gasteiger partial charge on any atom is 0.138 e. The van der Waals surface area contributed by atoms with Gasteiger partial charge in [0.2, 0.25) is 0 Å². The van der Waals surface area contributed by atoms with Crippen molar-refractivity contribution in [2.45, 2.75) is 6.54 Å². The minimum Gasteiger partial charge on any atom is -0.396 e. The third kappa shape index (κ3) is 1.99. The Hall–Kier alpha value is -0.230. The van der Waals surface area contributed by atoms with Gasteiger partial charge in [-0.3, -0.25) is 4.90 Å². The van der Waals surface area contributed by atoms with E-state index in [9.17, 15) is 0 Å². The summed E-state index contributed by atoms with van der Waals surface area (Å²) < 4.78 is 4.43. The summed E-state index contributed by atoms with van der Waals surface area (Å²) in [6.45, 7) is 2.90. The highest BCUT2D eigenvalue weighted by Crippen LogP contribution is 2.22. The zero-order valence-electron chi connectivity index (χ0n) is 6.98.